The monoisotopic (exact) mass is 361 g/mol. The molecule has 0 bridgehead atoms. The number of esters is 1. The summed E-state index contributed by atoms with van der Waals surface area (Å²) in [7, 11) is 0. The SMILES string of the molecule is CCOC(=O)c1ccc(NC(=O)[C@@H]2CC(=O)N3CCCN=C3S2)cc1. The lowest BCUT2D eigenvalue weighted by Gasteiger charge is -2.33. The Hall–Kier alpha value is -2.35. The molecule has 2 heterocycles. The van der Waals surface area contributed by atoms with Crippen LogP contribution >= 0.6 is 11.8 Å². The summed E-state index contributed by atoms with van der Waals surface area (Å²) in [5, 5.41) is 2.93. The van der Waals surface area contributed by atoms with Crippen LogP contribution in [0.25, 0.3) is 0 Å². The number of anilines is 1. The van der Waals surface area contributed by atoms with Gasteiger partial charge in [0.25, 0.3) is 0 Å². The smallest absolute Gasteiger partial charge is 0.338 e. The second kappa shape index (κ2) is 7.69. The Bertz CT molecular complexity index is 717. The van der Waals surface area contributed by atoms with Gasteiger partial charge in [0.05, 0.1) is 12.2 Å². The van der Waals surface area contributed by atoms with Crippen LogP contribution in [0.1, 0.15) is 30.1 Å². The molecule has 1 N–H and O–H groups in total. The first-order valence-corrected chi connectivity index (χ1v) is 9.06. The third kappa shape index (κ3) is 4.01. The third-order valence-corrected chi connectivity index (χ3v) is 5.11. The maximum absolute atomic E-state index is 12.5. The van der Waals surface area contributed by atoms with Crippen LogP contribution in [-0.4, -0.2) is 52.8 Å². The number of carbonyl (C=O) groups excluding carboxylic acids is 3. The molecule has 0 radical (unpaired) electrons. The molecule has 1 atom stereocenters. The van der Waals surface area contributed by atoms with E-state index in [1.54, 1.807) is 36.1 Å². The van der Waals surface area contributed by atoms with Crippen molar-refractivity contribution in [3.8, 4) is 0 Å². The van der Waals surface area contributed by atoms with Gasteiger partial charge in [0, 0.05) is 25.2 Å². The number of amides is 2. The van der Waals surface area contributed by atoms with E-state index in [2.05, 4.69) is 10.3 Å². The normalized spacial score (nSPS) is 19.7. The van der Waals surface area contributed by atoms with Crippen molar-refractivity contribution in [1.29, 1.82) is 0 Å². The molecule has 2 aliphatic heterocycles. The molecule has 1 fully saturated rings. The van der Waals surface area contributed by atoms with Crippen molar-refractivity contribution in [2.45, 2.75) is 25.0 Å². The Labute approximate surface area is 149 Å². The van der Waals surface area contributed by atoms with E-state index in [9.17, 15) is 14.4 Å². The lowest BCUT2D eigenvalue weighted by atomic mass is 10.2. The van der Waals surface area contributed by atoms with Crippen LogP contribution in [0.4, 0.5) is 5.69 Å². The van der Waals surface area contributed by atoms with E-state index >= 15 is 0 Å². The van der Waals surface area contributed by atoms with Crippen LogP contribution in [0.2, 0.25) is 0 Å². The van der Waals surface area contributed by atoms with Gasteiger partial charge in [0.1, 0.15) is 5.25 Å². The first-order valence-electron chi connectivity index (χ1n) is 8.18. The third-order valence-electron chi connectivity index (χ3n) is 3.88. The van der Waals surface area contributed by atoms with Crippen molar-refractivity contribution < 1.29 is 19.1 Å². The Kier molecular flexibility index (Phi) is 5.37. The van der Waals surface area contributed by atoms with E-state index in [4.69, 9.17) is 4.74 Å². The number of fused-ring (bicyclic) bond motifs is 1. The minimum Gasteiger partial charge on any atom is -0.462 e. The summed E-state index contributed by atoms with van der Waals surface area (Å²) in [6, 6.07) is 6.48. The molecular weight excluding hydrogens is 342 g/mol. The van der Waals surface area contributed by atoms with Crippen molar-refractivity contribution in [2.24, 2.45) is 4.99 Å². The number of amidine groups is 1. The van der Waals surface area contributed by atoms with Gasteiger partial charge in [-0.2, -0.15) is 0 Å². The van der Waals surface area contributed by atoms with Gasteiger partial charge in [-0.25, -0.2) is 4.79 Å². The van der Waals surface area contributed by atoms with Crippen LogP contribution in [0.15, 0.2) is 29.3 Å². The van der Waals surface area contributed by atoms with E-state index in [0.717, 1.165) is 6.42 Å². The van der Waals surface area contributed by atoms with Crippen molar-refractivity contribution in [3.05, 3.63) is 29.8 Å². The molecule has 2 aliphatic rings. The summed E-state index contributed by atoms with van der Waals surface area (Å²) in [5.41, 5.74) is 0.994. The van der Waals surface area contributed by atoms with E-state index in [-0.39, 0.29) is 18.2 Å². The molecule has 2 amide bonds. The van der Waals surface area contributed by atoms with Gasteiger partial charge in [0.15, 0.2) is 5.17 Å². The van der Waals surface area contributed by atoms with Crippen molar-refractivity contribution in [2.75, 3.05) is 25.0 Å². The first kappa shape index (κ1) is 17.5. The number of hydrogen-bond acceptors (Lipinski definition) is 6. The Morgan fingerprint density at radius 3 is 2.84 bits per heavy atom. The number of thioether (sulfide) groups is 1. The molecule has 8 heteroatoms. The number of nitrogens with one attached hydrogen (secondary N) is 1. The van der Waals surface area contributed by atoms with Crippen molar-refractivity contribution >= 4 is 40.4 Å². The zero-order chi connectivity index (χ0) is 17.8. The number of aliphatic imine (C=N–C) groups is 1. The summed E-state index contributed by atoms with van der Waals surface area (Å²) in [5.74, 6) is -0.700. The maximum atomic E-state index is 12.5. The zero-order valence-corrected chi connectivity index (χ0v) is 14.7. The first-order chi connectivity index (χ1) is 12.1. The number of carbonyl (C=O) groups is 3. The average Bonchev–Trinajstić information content (AvgIpc) is 2.62. The second-order valence-corrected chi connectivity index (χ2v) is 6.83. The van der Waals surface area contributed by atoms with Crippen LogP contribution in [0, 0.1) is 0 Å². The lowest BCUT2D eigenvalue weighted by Crippen LogP contribution is -2.47. The average molecular weight is 361 g/mol. The quantitative estimate of drug-likeness (QED) is 0.828. The zero-order valence-electron chi connectivity index (χ0n) is 13.9. The van der Waals surface area contributed by atoms with Gasteiger partial charge in [-0.1, -0.05) is 11.8 Å². The topological polar surface area (TPSA) is 88.1 Å². The highest BCUT2D eigenvalue weighted by molar-refractivity contribution is 8.15. The molecule has 3 rings (SSSR count). The Balaban J connectivity index is 1.63. The lowest BCUT2D eigenvalue weighted by molar-refractivity contribution is -0.129. The van der Waals surface area contributed by atoms with Gasteiger partial charge in [-0.05, 0) is 37.6 Å². The number of hydrogen-bond donors (Lipinski definition) is 1. The van der Waals surface area contributed by atoms with E-state index < -0.39 is 11.2 Å². The van der Waals surface area contributed by atoms with E-state index in [0.29, 0.717) is 36.1 Å². The van der Waals surface area contributed by atoms with Gasteiger partial charge in [0.2, 0.25) is 11.8 Å². The van der Waals surface area contributed by atoms with Crippen molar-refractivity contribution in [3.63, 3.8) is 0 Å². The summed E-state index contributed by atoms with van der Waals surface area (Å²) in [4.78, 5) is 42.3. The molecule has 1 aromatic carbocycles. The molecule has 0 aromatic heterocycles. The molecule has 0 aliphatic carbocycles. The summed E-state index contributed by atoms with van der Waals surface area (Å²) < 4.78 is 4.92. The van der Waals surface area contributed by atoms with Crippen LogP contribution in [0.3, 0.4) is 0 Å². The fourth-order valence-electron chi connectivity index (χ4n) is 2.63. The van der Waals surface area contributed by atoms with Crippen molar-refractivity contribution in [1.82, 2.24) is 4.90 Å². The highest BCUT2D eigenvalue weighted by atomic mass is 32.2. The minimum atomic E-state index is -0.495. The number of rotatable bonds is 4. The predicted octanol–water partition coefficient (Wildman–Crippen LogP) is 1.90. The molecule has 1 saturated heterocycles. The van der Waals surface area contributed by atoms with Crippen LogP contribution in [0.5, 0.6) is 0 Å². The minimum absolute atomic E-state index is 0.0602. The van der Waals surface area contributed by atoms with Gasteiger partial charge in [-0.15, -0.1) is 0 Å². The molecule has 1 aromatic rings. The van der Waals surface area contributed by atoms with Crippen LogP contribution in [-0.2, 0) is 14.3 Å². The largest absolute Gasteiger partial charge is 0.462 e. The number of benzene rings is 1. The number of nitrogens with zero attached hydrogens (tertiary/aromatic N) is 2. The standard InChI is InChI=1S/C17H19N3O4S/c1-2-24-16(23)11-4-6-12(7-5-11)19-15(22)13-10-14(21)20-9-3-8-18-17(20)25-13/h4-7,13H,2-3,8-10H2,1H3,(H,19,22)/t13-/m0/s1. The molecular formula is C17H19N3O4S. The summed E-state index contributed by atoms with van der Waals surface area (Å²) >= 11 is 1.33. The Morgan fingerprint density at radius 2 is 2.12 bits per heavy atom. The van der Waals surface area contributed by atoms with E-state index in [1.165, 1.54) is 11.8 Å². The highest BCUT2D eigenvalue weighted by Crippen LogP contribution is 2.29. The number of ether oxygens (including phenoxy) is 1. The van der Waals surface area contributed by atoms with E-state index in [1.807, 2.05) is 0 Å². The summed E-state index contributed by atoms with van der Waals surface area (Å²) in [6.07, 6.45) is 1.02. The predicted molar refractivity (Wildman–Crippen MR) is 95.7 cm³/mol. The second-order valence-electron chi connectivity index (χ2n) is 5.66. The molecule has 25 heavy (non-hydrogen) atoms. The maximum Gasteiger partial charge on any atom is 0.338 e. The molecule has 0 unspecified atom stereocenters. The molecule has 7 nitrogen and oxygen atoms in total. The Morgan fingerprint density at radius 1 is 1.36 bits per heavy atom. The molecule has 0 spiro atoms. The molecule has 0 saturated carbocycles. The van der Waals surface area contributed by atoms with Gasteiger partial charge >= 0.3 is 5.97 Å². The highest BCUT2D eigenvalue weighted by Gasteiger charge is 2.36. The van der Waals surface area contributed by atoms with Crippen LogP contribution < -0.4 is 5.32 Å². The summed E-state index contributed by atoms with van der Waals surface area (Å²) in [6.45, 7) is 3.42. The van der Waals surface area contributed by atoms with Gasteiger partial charge in [-0.3, -0.25) is 19.5 Å². The fraction of sp³-hybridized carbons (Fsp3) is 0.412. The molecule has 132 valence electrons. The van der Waals surface area contributed by atoms with Gasteiger partial charge < -0.3 is 10.1 Å². The fourth-order valence-corrected chi connectivity index (χ4v) is 3.76.